The zero-order chi connectivity index (χ0) is 20.4. The van der Waals surface area contributed by atoms with E-state index in [1.165, 1.54) is 0 Å². The second-order valence-electron chi connectivity index (χ2n) is 6.67. The lowest BCUT2D eigenvalue weighted by molar-refractivity contribution is 0.0621. The molecule has 3 N–H and O–H groups in total. The number of aliphatic hydroxyl groups is 1. The van der Waals surface area contributed by atoms with E-state index in [1.54, 1.807) is 25.4 Å². The summed E-state index contributed by atoms with van der Waals surface area (Å²) in [5, 5.41) is 21.0. The maximum atomic E-state index is 10.7. The van der Waals surface area contributed by atoms with Crippen molar-refractivity contribution < 1.29 is 14.6 Å². The van der Waals surface area contributed by atoms with Gasteiger partial charge in [0.15, 0.2) is 17.5 Å². The van der Waals surface area contributed by atoms with Gasteiger partial charge in [-0.3, -0.25) is 0 Å². The number of thiophene rings is 1. The van der Waals surface area contributed by atoms with E-state index in [9.17, 15) is 5.11 Å². The average Bonchev–Trinajstić information content (AvgIpc) is 3.24. The van der Waals surface area contributed by atoms with Crippen LogP contribution in [0, 0.1) is 0 Å². The Bertz CT molecular complexity index is 745. The van der Waals surface area contributed by atoms with Gasteiger partial charge in [0, 0.05) is 6.54 Å². The highest BCUT2D eigenvalue weighted by molar-refractivity contribution is 7.08. The lowest BCUT2D eigenvalue weighted by Crippen LogP contribution is -2.44. The number of benzene rings is 1. The standard InChI is InChI=1S/C21H31N3O3S/c1-5-10-27-18-8-7-16(12-19(18)26-4)13-23-20(22-6-2)24-15-21(3,25)17-9-11-28-14-17/h7-9,11-12,14,25H,5-6,10,13,15H2,1-4H3,(H2,22,23,24). The van der Waals surface area contributed by atoms with Crippen molar-refractivity contribution >= 4 is 17.3 Å². The number of nitrogens with one attached hydrogen (secondary N) is 2. The first-order chi connectivity index (χ1) is 13.5. The number of ether oxygens (including phenoxy) is 2. The van der Waals surface area contributed by atoms with E-state index in [2.05, 4.69) is 22.5 Å². The minimum absolute atomic E-state index is 0.364. The maximum Gasteiger partial charge on any atom is 0.191 e. The van der Waals surface area contributed by atoms with Gasteiger partial charge >= 0.3 is 0 Å². The molecule has 2 aromatic rings. The van der Waals surface area contributed by atoms with Gasteiger partial charge in [0.2, 0.25) is 0 Å². The highest BCUT2D eigenvalue weighted by Gasteiger charge is 2.23. The van der Waals surface area contributed by atoms with Gasteiger partial charge in [0.1, 0.15) is 5.60 Å². The number of rotatable bonds is 10. The van der Waals surface area contributed by atoms with Crippen LogP contribution in [0.4, 0.5) is 0 Å². The number of methoxy groups -OCH3 is 1. The smallest absolute Gasteiger partial charge is 0.191 e. The number of nitrogens with zero attached hydrogens (tertiary/aromatic N) is 1. The number of guanidine groups is 1. The van der Waals surface area contributed by atoms with Gasteiger partial charge in [-0.25, -0.2) is 4.99 Å². The van der Waals surface area contributed by atoms with Crippen molar-refractivity contribution in [2.75, 3.05) is 26.8 Å². The summed E-state index contributed by atoms with van der Waals surface area (Å²) in [6.45, 7) is 8.12. The summed E-state index contributed by atoms with van der Waals surface area (Å²) in [6, 6.07) is 7.79. The molecule has 1 atom stereocenters. The zero-order valence-corrected chi connectivity index (χ0v) is 17.9. The van der Waals surface area contributed by atoms with Crippen molar-refractivity contribution in [3.05, 3.63) is 46.2 Å². The molecule has 0 aliphatic carbocycles. The van der Waals surface area contributed by atoms with Crippen LogP contribution in [0.15, 0.2) is 40.0 Å². The van der Waals surface area contributed by atoms with Crippen molar-refractivity contribution in [3.8, 4) is 11.5 Å². The average molecular weight is 406 g/mol. The van der Waals surface area contributed by atoms with Gasteiger partial charge in [-0.15, -0.1) is 0 Å². The van der Waals surface area contributed by atoms with Crippen molar-refractivity contribution in [1.29, 1.82) is 0 Å². The van der Waals surface area contributed by atoms with E-state index < -0.39 is 5.60 Å². The van der Waals surface area contributed by atoms with E-state index >= 15 is 0 Å². The van der Waals surface area contributed by atoms with Crippen LogP contribution in [-0.4, -0.2) is 37.9 Å². The van der Waals surface area contributed by atoms with Gasteiger partial charge in [-0.2, -0.15) is 11.3 Å². The van der Waals surface area contributed by atoms with Crippen molar-refractivity contribution in [2.24, 2.45) is 4.99 Å². The molecular weight excluding hydrogens is 374 g/mol. The van der Waals surface area contributed by atoms with Crippen LogP contribution in [0.3, 0.4) is 0 Å². The van der Waals surface area contributed by atoms with Gasteiger partial charge < -0.3 is 25.2 Å². The number of hydrogen-bond acceptors (Lipinski definition) is 5. The molecule has 0 bridgehead atoms. The third-order valence-electron chi connectivity index (χ3n) is 4.20. The molecule has 28 heavy (non-hydrogen) atoms. The van der Waals surface area contributed by atoms with Crippen LogP contribution in [0.25, 0.3) is 0 Å². The number of hydrogen-bond donors (Lipinski definition) is 3. The van der Waals surface area contributed by atoms with Crippen LogP contribution in [0.5, 0.6) is 11.5 Å². The second kappa shape index (κ2) is 10.9. The first-order valence-electron chi connectivity index (χ1n) is 9.57. The maximum absolute atomic E-state index is 10.7. The van der Waals surface area contributed by atoms with Gasteiger partial charge in [0.05, 0.1) is 26.8 Å². The molecule has 0 spiro atoms. The molecule has 0 saturated carbocycles. The fourth-order valence-corrected chi connectivity index (χ4v) is 3.37. The van der Waals surface area contributed by atoms with Crippen LogP contribution < -0.4 is 20.1 Å². The molecule has 0 aliphatic rings. The van der Waals surface area contributed by atoms with Crippen molar-refractivity contribution in [1.82, 2.24) is 10.6 Å². The minimum Gasteiger partial charge on any atom is -0.493 e. The largest absolute Gasteiger partial charge is 0.493 e. The molecule has 0 amide bonds. The summed E-state index contributed by atoms with van der Waals surface area (Å²) in [6.07, 6.45) is 0.947. The fourth-order valence-electron chi connectivity index (χ4n) is 2.58. The molecule has 0 saturated heterocycles. The summed E-state index contributed by atoms with van der Waals surface area (Å²) in [7, 11) is 1.64. The summed E-state index contributed by atoms with van der Waals surface area (Å²) in [5.74, 6) is 2.11. The van der Waals surface area contributed by atoms with E-state index in [1.807, 2.05) is 41.9 Å². The Hall–Kier alpha value is -2.25. The molecule has 1 unspecified atom stereocenters. The highest BCUT2D eigenvalue weighted by atomic mass is 32.1. The quantitative estimate of drug-likeness (QED) is 0.417. The molecule has 1 aromatic carbocycles. The van der Waals surface area contributed by atoms with Crippen LogP contribution in [0.1, 0.15) is 38.3 Å². The predicted molar refractivity (Wildman–Crippen MR) is 115 cm³/mol. The van der Waals surface area contributed by atoms with E-state index in [4.69, 9.17) is 9.47 Å². The summed E-state index contributed by atoms with van der Waals surface area (Å²) in [4.78, 5) is 4.62. The first-order valence-corrected chi connectivity index (χ1v) is 10.5. The van der Waals surface area contributed by atoms with Crippen LogP contribution >= 0.6 is 11.3 Å². The summed E-state index contributed by atoms with van der Waals surface area (Å²) in [5.41, 5.74) is 0.952. The first kappa shape index (κ1) is 22.0. The molecule has 0 radical (unpaired) electrons. The van der Waals surface area contributed by atoms with Gasteiger partial charge in [0.25, 0.3) is 0 Å². The molecule has 154 valence electrons. The monoisotopic (exact) mass is 405 g/mol. The third-order valence-corrected chi connectivity index (χ3v) is 4.88. The Balaban J connectivity index is 2.03. The van der Waals surface area contributed by atoms with Gasteiger partial charge in [-0.1, -0.05) is 13.0 Å². The molecule has 0 aliphatic heterocycles. The van der Waals surface area contributed by atoms with Crippen molar-refractivity contribution in [3.63, 3.8) is 0 Å². The van der Waals surface area contributed by atoms with E-state index in [-0.39, 0.29) is 0 Å². The Morgan fingerprint density at radius 1 is 1.21 bits per heavy atom. The topological polar surface area (TPSA) is 75.1 Å². The lowest BCUT2D eigenvalue weighted by atomic mass is 9.99. The zero-order valence-electron chi connectivity index (χ0n) is 17.1. The van der Waals surface area contributed by atoms with Gasteiger partial charge in [-0.05, 0) is 60.4 Å². The molecule has 1 aromatic heterocycles. The molecular formula is C21H31N3O3S. The number of aliphatic imine (C=N–C) groups is 1. The SMILES string of the molecule is CCCOc1ccc(CN=C(NCC)NCC(C)(O)c2ccsc2)cc1OC. The van der Waals surface area contributed by atoms with E-state index in [0.29, 0.717) is 31.4 Å². The van der Waals surface area contributed by atoms with E-state index in [0.717, 1.165) is 29.8 Å². The van der Waals surface area contributed by atoms with Crippen molar-refractivity contribution in [2.45, 2.75) is 39.3 Å². The Kier molecular flexibility index (Phi) is 8.60. The minimum atomic E-state index is -0.961. The third kappa shape index (κ3) is 6.42. The molecule has 0 fully saturated rings. The normalized spacial score (nSPS) is 13.7. The predicted octanol–water partition coefficient (Wildman–Crippen LogP) is 3.51. The Labute approximate surface area is 171 Å². The molecule has 7 heteroatoms. The molecule has 1 heterocycles. The summed E-state index contributed by atoms with van der Waals surface area (Å²) < 4.78 is 11.1. The molecule has 2 rings (SSSR count). The fraction of sp³-hybridized carbons (Fsp3) is 0.476. The highest BCUT2D eigenvalue weighted by Crippen LogP contribution is 2.28. The molecule has 6 nitrogen and oxygen atoms in total. The summed E-state index contributed by atoms with van der Waals surface area (Å²) >= 11 is 1.57. The lowest BCUT2D eigenvalue weighted by Gasteiger charge is -2.24. The Morgan fingerprint density at radius 3 is 2.68 bits per heavy atom. The Morgan fingerprint density at radius 2 is 2.04 bits per heavy atom. The van der Waals surface area contributed by atoms with Crippen LogP contribution in [-0.2, 0) is 12.1 Å². The second-order valence-corrected chi connectivity index (χ2v) is 7.45. The van der Waals surface area contributed by atoms with Crippen LogP contribution in [0.2, 0.25) is 0 Å².